The summed E-state index contributed by atoms with van der Waals surface area (Å²) in [5, 5.41) is 5.39. The van der Waals surface area contributed by atoms with E-state index < -0.39 is 0 Å². The fourth-order valence-corrected chi connectivity index (χ4v) is 2.06. The van der Waals surface area contributed by atoms with Crippen LogP contribution in [0.3, 0.4) is 0 Å². The first-order valence-corrected chi connectivity index (χ1v) is 6.66. The van der Waals surface area contributed by atoms with Crippen LogP contribution in [-0.2, 0) is 0 Å². The third kappa shape index (κ3) is 3.11. The number of fused-ring (bicyclic) bond motifs is 1. The fraction of sp³-hybridized carbons (Fsp3) is 0.400. The van der Waals surface area contributed by atoms with Gasteiger partial charge in [-0.25, -0.2) is 4.98 Å². The maximum absolute atomic E-state index is 5.76. The van der Waals surface area contributed by atoms with Crippen molar-refractivity contribution in [2.45, 2.75) is 19.4 Å². The van der Waals surface area contributed by atoms with Crippen LogP contribution in [0.1, 0.15) is 13.3 Å². The van der Waals surface area contributed by atoms with E-state index >= 15 is 0 Å². The molecule has 3 N–H and O–H groups in total. The second-order valence-electron chi connectivity index (χ2n) is 4.78. The summed E-state index contributed by atoms with van der Waals surface area (Å²) in [4.78, 5) is 4.39. The molecule has 1 aromatic carbocycles. The van der Waals surface area contributed by atoms with Crippen molar-refractivity contribution in [2.75, 3.05) is 26.1 Å². The van der Waals surface area contributed by atoms with E-state index in [1.165, 1.54) is 0 Å². The number of benzene rings is 1. The van der Waals surface area contributed by atoms with Gasteiger partial charge in [0.2, 0.25) is 0 Å². The van der Waals surface area contributed by atoms with Gasteiger partial charge < -0.3 is 20.5 Å². The Labute approximate surface area is 119 Å². The van der Waals surface area contributed by atoms with Crippen molar-refractivity contribution in [3.05, 3.63) is 24.4 Å². The number of rotatable bonds is 6. The van der Waals surface area contributed by atoms with E-state index in [9.17, 15) is 0 Å². The molecule has 0 radical (unpaired) electrons. The SMILES string of the molecule is COc1cc2ccnc(NCCC(C)N)c2cc1OC. The molecule has 0 aliphatic rings. The van der Waals surface area contributed by atoms with Crippen LogP contribution in [0.4, 0.5) is 5.82 Å². The highest BCUT2D eigenvalue weighted by atomic mass is 16.5. The Balaban J connectivity index is 2.35. The maximum Gasteiger partial charge on any atom is 0.161 e. The predicted molar refractivity (Wildman–Crippen MR) is 81.6 cm³/mol. The lowest BCUT2D eigenvalue weighted by Crippen LogP contribution is -2.19. The van der Waals surface area contributed by atoms with Gasteiger partial charge >= 0.3 is 0 Å². The zero-order chi connectivity index (χ0) is 14.5. The molecule has 1 aromatic heterocycles. The van der Waals surface area contributed by atoms with Gasteiger partial charge in [-0.15, -0.1) is 0 Å². The molecule has 1 heterocycles. The molecular weight excluding hydrogens is 254 g/mol. The van der Waals surface area contributed by atoms with Crippen molar-refractivity contribution in [1.29, 1.82) is 0 Å². The number of ether oxygens (including phenoxy) is 2. The van der Waals surface area contributed by atoms with Crippen molar-refractivity contribution in [2.24, 2.45) is 5.73 Å². The Morgan fingerprint density at radius 1 is 1.25 bits per heavy atom. The minimum absolute atomic E-state index is 0.173. The molecule has 0 fully saturated rings. The molecule has 0 aliphatic heterocycles. The van der Waals surface area contributed by atoms with Gasteiger partial charge in [-0.05, 0) is 36.9 Å². The van der Waals surface area contributed by atoms with Gasteiger partial charge in [0.05, 0.1) is 14.2 Å². The molecule has 1 unspecified atom stereocenters. The van der Waals surface area contributed by atoms with E-state index in [1.807, 2.05) is 25.1 Å². The number of nitrogens with zero attached hydrogens (tertiary/aromatic N) is 1. The average Bonchev–Trinajstić information content (AvgIpc) is 2.45. The lowest BCUT2D eigenvalue weighted by atomic mass is 10.1. The maximum atomic E-state index is 5.76. The summed E-state index contributed by atoms with van der Waals surface area (Å²) in [5.41, 5.74) is 5.76. The van der Waals surface area contributed by atoms with Crippen LogP contribution in [0.5, 0.6) is 11.5 Å². The monoisotopic (exact) mass is 275 g/mol. The smallest absolute Gasteiger partial charge is 0.161 e. The molecule has 0 saturated heterocycles. The van der Waals surface area contributed by atoms with Crippen molar-refractivity contribution in [1.82, 2.24) is 4.98 Å². The van der Waals surface area contributed by atoms with Crippen molar-refractivity contribution >= 4 is 16.6 Å². The second-order valence-corrected chi connectivity index (χ2v) is 4.78. The third-order valence-corrected chi connectivity index (χ3v) is 3.16. The number of pyridine rings is 1. The van der Waals surface area contributed by atoms with Crippen LogP contribution in [0.25, 0.3) is 10.8 Å². The summed E-state index contributed by atoms with van der Waals surface area (Å²) in [6.07, 6.45) is 2.67. The highest BCUT2D eigenvalue weighted by molar-refractivity contribution is 5.94. The summed E-state index contributed by atoms with van der Waals surface area (Å²) >= 11 is 0. The zero-order valence-electron chi connectivity index (χ0n) is 12.1. The van der Waals surface area contributed by atoms with E-state index in [4.69, 9.17) is 15.2 Å². The summed E-state index contributed by atoms with van der Waals surface area (Å²) in [7, 11) is 3.26. The van der Waals surface area contributed by atoms with E-state index in [0.29, 0.717) is 11.5 Å². The first-order chi connectivity index (χ1) is 9.65. The number of nitrogens with one attached hydrogen (secondary N) is 1. The molecular formula is C15H21N3O2. The molecule has 1 atom stereocenters. The van der Waals surface area contributed by atoms with E-state index in [1.54, 1.807) is 20.4 Å². The summed E-state index contributed by atoms with van der Waals surface area (Å²) in [6.45, 7) is 2.78. The van der Waals surface area contributed by atoms with Crippen LogP contribution in [0.15, 0.2) is 24.4 Å². The van der Waals surface area contributed by atoms with Crippen molar-refractivity contribution in [3.63, 3.8) is 0 Å². The Kier molecular flexibility index (Phi) is 4.63. The fourth-order valence-electron chi connectivity index (χ4n) is 2.06. The molecule has 2 rings (SSSR count). The van der Waals surface area contributed by atoms with Gasteiger partial charge in [0.15, 0.2) is 11.5 Å². The molecule has 5 heteroatoms. The Morgan fingerprint density at radius 3 is 2.60 bits per heavy atom. The zero-order valence-corrected chi connectivity index (χ0v) is 12.1. The Morgan fingerprint density at radius 2 is 1.95 bits per heavy atom. The third-order valence-electron chi connectivity index (χ3n) is 3.16. The molecule has 0 saturated carbocycles. The largest absolute Gasteiger partial charge is 0.493 e. The number of aromatic nitrogens is 1. The standard InChI is InChI=1S/C15H21N3O2/c1-10(16)4-6-17-15-12-9-14(20-3)13(19-2)8-11(12)5-7-18-15/h5,7-10H,4,6,16H2,1-3H3,(H,17,18). The molecule has 0 spiro atoms. The van der Waals surface area contributed by atoms with Crippen LogP contribution >= 0.6 is 0 Å². The Bertz CT molecular complexity index is 585. The lowest BCUT2D eigenvalue weighted by molar-refractivity contribution is 0.356. The first kappa shape index (κ1) is 14.4. The van der Waals surface area contributed by atoms with Gasteiger partial charge in [-0.1, -0.05) is 0 Å². The van der Waals surface area contributed by atoms with E-state index in [-0.39, 0.29) is 6.04 Å². The molecule has 108 valence electrons. The number of hydrogen-bond acceptors (Lipinski definition) is 5. The van der Waals surface area contributed by atoms with Gasteiger partial charge in [-0.3, -0.25) is 0 Å². The highest BCUT2D eigenvalue weighted by Gasteiger charge is 2.09. The quantitative estimate of drug-likeness (QED) is 0.847. The minimum atomic E-state index is 0.173. The minimum Gasteiger partial charge on any atom is -0.493 e. The van der Waals surface area contributed by atoms with Crippen LogP contribution in [-0.4, -0.2) is 31.8 Å². The van der Waals surface area contributed by atoms with Gasteiger partial charge in [0, 0.05) is 24.2 Å². The molecule has 0 amide bonds. The van der Waals surface area contributed by atoms with Gasteiger partial charge in [0.25, 0.3) is 0 Å². The second kappa shape index (κ2) is 6.43. The molecule has 2 aromatic rings. The van der Waals surface area contributed by atoms with Gasteiger partial charge in [0.1, 0.15) is 5.82 Å². The Hall–Kier alpha value is -2.01. The predicted octanol–water partition coefficient (Wildman–Crippen LogP) is 2.40. The number of hydrogen-bond donors (Lipinski definition) is 2. The van der Waals surface area contributed by atoms with Crippen LogP contribution in [0, 0.1) is 0 Å². The van der Waals surface area contributed by atoms with E-state index in [0.717, 1.165) is 29.6 Å². The molecule has 0 aliphatic carbocycles. The van der Waals surface area contributed by atoms with Gasteiger partial charge in [-0.2, -0.15) is 0 Å². The number of nitrogens with two attached hydrogens (primary N) is 1. The summed E-state index contributed by atoms with van der Waals surface area (Å²) in [6, 6.07) is 6.02. The topological polar surface area (TPSA) is 69.4 Å². The summed E-state index contributed by atoms with van der Waals surface area (Å²) < 4.78 is 10.7. The average molecular weight is 275 g/mol. The first-order valence-electron chi connectivity index (χ1n) is 6.66. The van der Waals surface area contributed by atoms with E-state index in [2.05, 4.69) is 10.3 Å². The molecule has 5 nitrogen and oxygen atoms in total. The lowest BCUT2D eigenvalue weighted by Gasteiger charge is -2.13. The van der Waals surface area contributed by atoms with Crippen molar-refractivity contribution < 1.29 is 9.47 Å². The highest BCUT2D eigenvalue weighted by Crippen LogP contribution is 2.34. The summed E-state index contributed by atoms with van der Waals surface area (Å²) in [5.74, 6) is 2.25. The molecule has 20 heavy (non-hydrogen) atoms. The van der Waals surface area contributed by atoms with Crippen LogP contribution in [0.2, 0.25) is 0 Å². The van der Waals surface area contributed by atoms with Crippen LogP contribution < -0.4 is 20.5 Å². The number of anilines is 1. The van der Waals surface area contributed by atoms with Crippen molar-refractivity contribution in [3.8, 4) is 11.5 Å². The molecule has 0 bridgehead atoms. The number of methoxy groups -OCH3 is 2. The normalized spacial score (nSPS) is 12.2.